The van der Waals surface area contributed by atoms with Crippen molar-refractivity contribution >= 4 is 66.1 Å². The first-order valence-corrected chi connectivity index (χ1v) is 8.00. The summed E-state index contributed by atoms with van der Waals surface area (Å²) in [5.41, 5.74) is 1.22. The molecule has 0 nitrogen and oxygen atoms in total. The number of halogens is 3. The van der Waals surface area contributed by atoms with Gasteiger partial charge in [0.1, 0.15) is 0 Å². The van der Waals surface area contributed by atoms with E-state index in [4.69, 9.17) is 11.6 Å². The van der Waals surface area contributed by atoms with Crippen LogP contribution in [0.15, 0.2) is 22.0 Å². The highest BCUT2D eigenvalue weighted by atomic mass is 79.9. The van der Waals surface area contributed by atoms with Gasteiger partial charge in [-0.1, -0.05) is 27.5 Å². The van der Waals surface area contributed by atoms with Gasteiger partial charge in [0.2, 0.25) is 0 Å². The normalized spacial score (nSPS) is 13.1. The highest BCUT2D eigenvalue weighted by Crippen LogP contribution is 2.42. The van der Waals surface area contributed by atoms with E-state index in [1.165, 1.54) is 15.3 Å². The molecule has 5 heteroatoms. The highest BCUT2D eigenvalue weighted by molar-refractivity contribution is 9.11. The molecular weight excluding hydrogens is 380 g/mol. The van der Waals surface area contributed by atoms with E-state index < -0.39 is 0 Å². The molecular formula is C10H7Br2ClS2. The van der Waals surface area contributed by atoms with Crippen LogP contribution < -0.4 is 0 Å². The van der Waals surface area contributed by atoms with Gasteiger partial charge >= 0.3 is 0 Å². The first-order chi connectivity index (χ1) is 7.08. The maximum Gasteiger partial charge on any atom is 0.0931 e. The molecule has 0 aliphatic carbocycles. The number of hydrogen-bond donors (Lipinski definition) is 0. The number of aryl methyl sites for hydroxylation is 1. The molecule has 15 heavy (non-hydrogen) atoms. The summed E-state index contributed by atoms with van der Waals surface area (Å²) in [6.07, 6.45) is 0. The Labute approximate surface area is 119 Å². The van der Waals surface area contributed by atoms with Crippen LogP contribution in [-0.4, -0.2) is 0 Å². The largest absolute Gasteiger partial charge is 0.143 e. The summed E-state index contributed by atoms with van der Waals surface area (Å²) < 4.78 is 1.99. The van der Waals surface area contributed by atoms with Gasteiger partial charge in [-0.05, 0) is 45.9 Å². The maximum absolute atomic E-state index is 5.93. The minimum atomic E-state index is 0.231. The average Bonchev–Trinajstić information content (AvgIpc) is 2.71. The maximum atomic E-state index is 5.93. The summed E-state index contributed by atoms with van der Waals surface area (Å²) in [7, 11) is 0. The molecule has 0 aliphatic rings. The van der Waals surface area contributed by atoms with Gasteiger partial charge in [-0.15, -0.1) is 22.7 Å². The summed E-state index contributed by atoms with van der Waals surface area (Å²) in [4.78, 5) is 2.83. The minimum absolute atomic E-state index is 0.231. The molecule has 80 valence electrons. The van der Waals surface area contributed by atoms with E-state index in [0.717, 1.165) is 8.81 Å². The summed E-state index contributed by atoms with van der Waals surface area (Å²) in [5, 5.41) is 2.09. The summed E-state index contributed by atoms with van der Waals surface area (Å²) in [6, 6.07) is 4.15. The molecule has 2 aromatic rings. The minimum Gasteiger partial charge on any atom is -0.143 e. The second-order valence-corrected chi connectivity index (χ2v) is 7.72. The Morgan fingerprint density at radius 3 is 2.60 bits per heavy atom. The highest BCUT2D eigenvalue weighted by Gasteiger charge is 2.17. The molecule has 2 aromatic heterocycles. The lowest BCUT2D eigenvalue weighted by Gasteiger charge is -2.05. The van der Waals surface area contributed by atoms with E-state index in [0.29, 0.717) is 0 Å². The van der Waals surface area contributed by atoms with E-state index in [1.807, 2.05) is 6.07 Å². The van der Waals surface area contributed by atoms with Gasteiger partial charge in [0.05, 0.1) is 9.16 Å². The molecule has 1 atom stereocenters. The van der Waals surface area contributed by atoms with Gasteiger partial charge in [-0.3, -0.25) is 0 Å². The SMILES string of the molecule is Cc1cc(Br)c(C(Br)c2csc(Cl)c2)s1. The Kier molecular flexibility index (Phi) is 3.94. The molecule has 0 amide bonds. The van der Waals surface area contributed by atoms with Crippen LogP contribution in [0.3, 0.4) is 0 Å². The molecule has 0 spiro atoms. The lowest BCUT2D eigenvalue weighted by molar-refractivity contribution is 1.24. The fraction of sp³-hybridized carbons (Fsp3) is 0.200. The van der Waals surface area contributed by atoms with Crippen LogP contribution in [0.2, 0.25) is 4.34 Å². The Balaban J connectivity index is 2.35. The number of hydrogen-bond acceptors (Lipinski definition) is 2. The molecule has 0 radical (unpaired) electrons. The smallest absolute Gasteiger partial charge is 0.0931 e. The van der Waals surface area contributed by atoms with Crippen molar-refractivity contribution in [3.05, 3.63) is 41.6 Å². The van der Waals surface area contributed by atoms with Crippen LogP contribution in [0, 0.1) is 6.92 Å². The molecule has 2 heterocycles. The molecule has 0 aliphatic heterocycles. The lowest BCUT2D eigenvalue weighted by Crippen LogP contribution is -1.86. The van der Waals surface area contributed by atoms with Crippen LogP contribution in [0.1, 0.15) is 20.1 Å². The predicted octanol–water partition coefficient (Wildman–Crippen LogP) is 6.02. The van der Waals surface area contributed by atoms with Crippen LogP contribution in [0.5, 0.6) is 0 Å². The topological polar surface area (TPSA) is 0 Å². The zero-order chi connectivity index (χ0) is 11.0. The van der Waals surface area contributed by atoms with Crippen molar-refractivity contribution < 1.29 is 0 Å². The average molecular weight is 387 g/mol. The second kappa shape index (κ2) is 4.88. The van der Waals surface area contributed by atoms with Crippen molar-refractivity contribution in [3.63, 3.8) is 0 Å². The fourth-order valence-corrected chi connectivity index (χ4v) is 5.36. The van der Waals surface area contributed by atoms with Crippen molar-refractivity contribution in [2.75, 3.05) is 0 Å². The van der Waals surface area contributed by atoms with Gasteiger partial charge < -0.3 is 0 Å². The molecule has 2 rings (SSSR count). The van der Waals surface area contributed by atoms with Gasteiger partial charge in [0.25, 0.3) is 0 Å². The Hall–Kier alpha value is 0.650. The third-order valence-electron chi connectivity index (χ3n) is 1.95. The summed E-state index contributed by atoms with van der Waals surface area (Å²) >= 11 is 16.6. The monoisotopic (exact) mass is 384 g/mol. The van der Waals surface area contributed by atoms with E-state index in [2.05, 4.69) is 50.2 Å². The number of alkyl halides is 1. The van der Waals surface area contributed by atoms with Gasteiger partial charge in [-0.25, -0.2) is 0 Å². The first kappa shape index (κ1) is 12.1. The lowest BCUT2D eigenvalue weighted by atomic mass is 10.2. The Morgan fingerprint density at radius 2 is 2.13 bits per heavy atom. The van der Waals surface area contributed by atoms with Crippen LogP contribution in [-0.2, 0) is 0 Å². The molecule has 1 unspecified atom stereocenters. The Morgan fingerprint density at radius 1 is 1.40 bits per heavy atom. The zero-order valence-corrected chi connectivity index (χ0v) is 13.3. The molecule has 0 saturated heterocycles. The van der Waals surface area contributed by atoms with E-state index >= 15 is 0 Å². The third kappa shape index (κ3) is 2.67. The summed E-state index contributed by atoms with van der Waals surface area (Å²) in [5.74, 6) is 0. The first-order valence-electron chi connectivity index (χ1n) is 4.21. The summed E-state index contributed by atoms with van der Waals surface area (Å²) in [6.45, 7) is 2.11. The van der Waals surface area contributed by atoms with E-state index in [9.17, 15) is 0 Å². The van der Waals surface area contributed by atoms with E-state index in [-0.39, 0.29) is 4.83 Å². The van der Waals surface area contributed by atoms with Gasteiger partial charge in [0, 0.05) is 14.2 Å². The molecule has 0 aromatic carbocycles. The van der Waals surface area contributed by atoms with Crippen molar-refractivity contribution in [2.45, 2.75) is 11.8 Å². The molecule has 0 saturated carbocycles. The molecule has 0 N–H and O–H groups in total. The number of rotatable bonds is 2. The van der Waals surface area contributed by atoms with Crippen molar-refractivity contribution in [1.29, 1.82) is 0 Å². The Bertz CT molecular complexity index is 475. The second-order valence-electron chi connectivity index (χ2n) is 3.12. The van der Waals surface area contributed by atoms with Crippen LogP contribution >= 0.6 is 66.1 Å². The molecule has 0 bridgehead atoms. The van der Waals surface area contributed by atoms with Crippen LogP contribution in [0.25, 0.3) is 0 Å². The van der Waals surface area contributed by atoms with Crippen molar-refractivity contribution in [1.82, 2.24) is 0 Å². The quantitative estimate of drug-likeness (QED) is 0.554. The van der Waals surface area contributed by atoms with Gasteiger partial charge in [-0.2, -0.15) is 0 Å². The van der Waals surface area contributed by atoms with E-state index in [1.54, 1.807) is 22.7 Å². The van der Waals surface area contributed by atoms with Crippen LogP contribution in [0.4, 0.5) is 0 Å². The number of thiophene rings is 2. The van der Waals surface area contributed by atoms with Crippen molar-refractivity contribution in [2.24, 2.45) is 0 Å². The zero-order valence-electron chi connectivity index (χ0n) is 7.76. The van der Waals surface area contributed by atoms with Crippen molar-refractivity contribution in [3.8, 4) is 0 Å². The predicted molar refractivity (Wildman–Crippen MR) is 76.9 cm³/mol. The fourth-order valence-electron chi connectivity index (χ4n) is 1.28. The third-order valence-corrected chi connectivity index (χ3v) is 6.38. The van der Waals surface area contributed by atoms with Gasteiger partial charge in [0.15, 0.2) is 0 Å². The standard InChI is InChI=1S/C10H7Br2ClS2/c1-5-2-7(11)10(15-5)9(12)6-3-8(13)14-4-6/h2-4,9H,1H3. The molecule has 0 fully saturated rings.